The van der Waals surface area contributed by atoms with Crippen molar-refractivity contribution in [2.45, 2.75) is 90.6 Å². The summed E-state index contributed by atoms with van der Waals surface area (Å²) in [4.78, 5) is 0. The molecule has 0 bridgehead atoms. The van der Waals surface area contributed by atoms with E-state index in [1.807, 2.05) is 0 Å². The van der Waals surface area contributed by atoms with E-state index in [-0.39, 0.29) is 5.60 Å². The predicted molar refractivity (Wildman–Crippen MR) is 90.9 cm³/mol. The number of unbranched alkanes of at least 4 members (excludes halogenated alkanes) is 8. The quantitative estimate of drug-likeness (QED) is 0.384. The fourth-order valence-corrected chi connectivity index (χ4v) is 3.23. The van der Waals surface area contributed by atoms with Crippen LogP contribution in [0.5, 0.6) is 5.06 Å². The third kappa shape index (κ3) is 8.63. The monoisotopic (exact) mass is 296 g/mol. The van der Waals surface area contributed by atoms with Crippen molar-refractivity contribution in [3.8, 4) is 5.06 Å². The number of ether oxygens (including phenoxy) is 1. The average Bonchev–Trinajstić information content (AvgIpc) is 2.89. The summed E-state index contributed by atoms with van der Waals surface area (Å²) in [6, 6.07) is 4.11. The van der Waals surface area contributed by atoms with Gasteiger partial charge in [-0.05, 0) is 44.2 Å². The molecule has 0 fully saturated rings. The molecule has 1 rings (SSSR count). The van der Waals surface area contributed by atoms with E-state index in [0.717, 1.165) is 11.5 Å². The number of hydrogen-bond donors (Lipinski definition) is 0. The van der Waals surface area contributed by atoms with Gasteiger partial charge in [0.2, 0.25) is 0 Å². The van der Waals surface area contributed by atoms with E-state index in [2.05, 4.69) is 38.3 Å². The lowest BCUT2D eigenvalue weighted by atomic mass is 9.99. The van der Waals surface area contributed by atoms with Crippen molar-refractivity contribution in [3.63, 3.8) is 0 Å². The van der Waals surface area contributed by atoms with Gasteiger partial charge in [0.05, 0.1) is 0 Å². The van der Waals surface area contributed by atoms with Crippen molar-refractivity contribution in [2.75, 3.05) is 0 Å². The molecule has 0 aliphatic heterocycles. The van der Waals surface area contributed by atoms with Crippen LogP contribution in [0.3, 0.4) is 0 Å². The maximum atomic E-state index is 6.03. The summed E-state index contributed by atoms with van der Waals surface area (Å²) in [5.41, 5.74) is -0.0218. The first kappa shape index (κ1) is 17.6. The first-order valence-electron chi connectivity index (χ1n) is 8.36. The first-order valence-corrected chi connectivity index (χ1v) is 9.24. The molecular formula is C18H32OS. The van der Waals surface area contributed by atoms with Crippen LogP contribution in [0.2, 0.25) is 0 Å². The normalized spacial score (nSPS) is 11.8. The summed E-state index contributed by atoms with van der Waals surface area (Å²) in [6.45, 7) is 6.69. The summed E-state index contributed by atoms with van der Waals surface area (Å²) in [6.07, 6.45) is 13.6. The summed E-state index contributed by atoms with van der Waals surface area (Å²) >= 11 is 1.68. The highest BCUT2D eigenvalue weighted by Gasteiger charge is 2.19. The highest BCUT2D eigenvalue weighted by atomic mass is 32.1. The molecule has 0 radical (unpaired) electrons. The van der Waals surface area contributed by atoms with Gasteiger partial charge in [-0.15, -0.1) is 11.3 Å². The Hall–Kier alpha value is -0.500. The predicted octanol–water partition coefficient (Wildman–Crippen LogP) is 6.83. The molecule has 2 heteroatoms. The Balaban J connectivity index is 1.97. The fourth-order valence-electron chi connectivity index (χ4n) is 2.51. The second-order valence-electron chi connectivity index (χ2n) is 6.37. The highest BCUT2D eigenvalue weighted by Crippen LogP contribution is 2.27. The Labute approximate surface area is 129 Å². The van der Waals surface area contributed by atoms with Crippen LogP contribution in [-0.2, 0) is 0 Å². The lowest BCUT2D eigenvalue weighted by Crippen LogP contribution is -2.27. The van der Waals surface area contributed by atoms with Gasteiger partial charge in [0.15, 0.2) is 5.06 Å². The van der Waals surface area contributed by atoms with E-state index in [1.54, 1.807) is 11.3 Å². The summed E-state index contributed by atoms with van der Waals surface area (Å²) in [5, 5.41) is 3.12. The van der Waals surface area contributed by atoms with Crippen LogP contribution < -0.4 is 4.74 Å². The molecule has 0 amide bonds. The summed E-state index contributed by atoms with van der Waals surface area (Å²) in [5.74, 6) is 0. The van der Waals surface area contributed by atoms with E-state index in [0.29, 0.717) is 0 Å². The van der Waals surface area contributed by atoms with E-state index in [1.165, 1.54) is 57.8 Å². The zero-order valence-electron chi connectivity index (χ0n) is 13.6. The van der Waals surface area contributed by atoms with Gasteiger partial charge in [-0.25, -0.2) is 0 Å². The Morgan fingerprint density at radius 2 is 1.55 bits per heavy atom. The van der Waals surface area contributed by atoms with Crippen LogP contribution in [0, 0.1) is 0 Å². The summed E-state index contributed by atoms with van der Waals surface area (Å²) in [7, 11) is 0. The van der Waals surface area contributed by atoms with Gasteiger partial charge in [0.25, 0.3) is 0 Å². The molecule has 116 valence electrons. The van der Waals surface area contributed by atoms with Crippen LogP contribution in [0.4, 0.5) is 0 Å². The van der Waals surface area contributed by atoms with E-state index >= 15 is 0 Å². The van der Waals surface area contributed by atoms with Crippen molar-refractivity contribution in [2.24, 2.45) is 0 Å². The third-order valence-corrected chi connectivity index (χ3v) is 4.50. The van der Waals surface area contributed by atoms with E-state index in [4.69, 9.17) is 4.74 Å². The van der Waals surface area contributed by atoms with Crippen LogP contribution in [-0.4, -0.2) is 5.60 Å². The second-order valence-corrected chi connectivity index (χ2v) is 7.28. The highest BCUT2D eigenvalue weighted by molar-refractivity contribution is 7.11. The molecule has 20 heavy (non-hydrogen) atoms. The third-order valence-electron chi connectivity index (χ3n) is 3.75. The SMILES string of the molecule is CCCCCCCCCCCC(C)(C)Oc1cccs1. The Morgan fingerprint density at radius 1 is 0.950 bits per heavy atom. The zero-order valence-corrected chi connectivity index (χ0v) is 14.4. The minimum absolute atomic E-state index is 0.0218. The van der Waals surface area contributed by atoms with Gasteiger partial charge >= 0.3 is 0 Å². The molecule has 1 aromatic rings. The molecule has 1 heterocycles. The minimum atomic E-state index is -0.0218. The van der Waals surface area contributed by atoms with Gasteiger partial charge < -0.3 is 4.74 Å². The van der Waals surface area contributed by atoms with Crippen molar-refractivity contribution < 1.29 is 4.74 Å². The summed E-state index contributed by atoms with van der Waals surface area (Å²) < 4.78 is 6.03. The standard InChI is InChI=1S/C18H32OS/c1-4-5-6-7-8-9-10-11-12-15-18(2,3)19-17-14-13-16-20-17/h13-14,16H,4-12,15H2,1-3H3. The number of rotatable bonds is 12. The number of thiophene rings is 1. The molecule has 0 unspecified atom stereocenters. The van der Waals surface area contributed by atoms with Gasteiger partial charge in [-0.1, -0.05) is 58.3 Å². The molecular weight excluding hydrogens is 264 g/mol. The maximum absolute atomic E-state index is 6.03. The maximum Gasteiger partial charge on any atom is 0.174 e. The molecule has 0 aromatic carbocycles. The average molecular weight is 297 g/mol. The molecule has 1 aromatic heterocycles. The van der Waals surface area contributed by atoms with Crippen molar-refractivity contribution in [1.29, 1.82) is 0 Å². The molecule has 0 saturated carbocycles. The molecule has 0 atom stereocenters. The minimum Gasteiger partial charge on any atom is -0.478 e. The molecule has 0 saturated heterocycles. The molecule has 1 nitrogen and oxygen atoms in total. The van der Waals surface area contributed by atoms with Gasteiger partial charge in [0.1, 0.15) is 5.60 Å². The van der Waals surface area contributed by atoms with Crippen LogP contribution in [0.25, 0.3) is 0 Å². The lowest BCUT2D eigenvalue weighted by Gasteiger charge is -2.25. The van der Waals surface area contributed by atoms with Crippen LogP contribution in [0.15, 0.2) is 17.5 Å². The van der Waals surface area contributed by atoms with Gasteiger partial charge in [0, 0.05) is 0 Å². The molecule has 0 N–H and O–H groups in total. The Kier molecular flexibility index (Phi) is 9.00. The van der Waals surface area contributed by atoms with E-state index in [9.17, 15) is 0 Å². The van der Waals surface area contributed by atoms with Crippen LogP contribution in [0.1, 0.15) is 85.0 Å². The van der Waals surface area contributed by atoms with Gasteiger partial charge in [-0.2, -0.15) is 0 Å². The lowest BCUT2D eigenvalue weighted by molar-refractivity contribution is 0.101. The first-order chi connectivity index (χ1) is 9.64. The van der Waals surface area contributed by atoms with E-state index < -0.39 is 0 Å². The molecule has 0 aliphatic rings. The van der Waals surface area contributed by atoms with Crippen LogP contribution >= 0.6 is 11.3 Å². The second kappa shape index (κ2) is 10.3. The number of hydrogen-bond acceptors (Lipinski definition) is 2. The Morgan fingerprint density at radius 3 is 2.10 bits per heavy atom. The molecule has 0 aliphatic carbocycles. The largest absolute Gasteiger partial charge is 0.478 e. The topological polar surface area (TPSA) is 9.23 Å². The van der Waals surface area contributed by atoms with Crippen molar-refractivity contribution in [1.82, 2.24) is 0 Å². The molecule has 0 spiro atoms. The zero-order chi connectivity index (χ0) is 14.7. The van der Waals surface area contributed by atoms with Crippen molar-refractivity contribution in [3.05, 3.63) is 17.5 Å². The fraction of sp³-hybridized carbons (Fsp3) is 0.778. The van der Waals surface area contributed by atoms with Crippen molar-refractivity contribution >= 4 is 11.3 Å². The Bertz CT molecular complexity index is 316. The van der Waals surface area contributed by atoms with Gasteiger partial charge in [-0.3, -0.25) is 0 Å². The smallest absolute Gasteiger partial charge is 0.174 e.